The first kappa shape index (κ1) is 23.1. The van der Waals surface area contributed by atoms with Gasteiger partial charge in [0.05, 0.1) is 23.9 Å². The van der Waals surface area contributed by atoms with Gasteiger partial charge in [-0.25, -0.2) is 9.78 Å². The van der Waals surface area contributed by atoms with Gasteiger partial charge in [0.1, 0.15) is 5.82 Å². The average molecular weight is 461 g/mol. The monoisotopic (exact) mass is 460 g/mol. The van der Waals surface area contributed by atoms with Crippen molar-refractivity contribution in [2.45, 2.75) is 18.9 Å². The van der Waals surface area contributed by atoms with Crippen molar-refractivity contribution in [3.63, 3.8) is 0 Å². The van der Waals surface area contributed by atoms with Crippen molar-refractivity contribution in [1.29, 1.82) is 0 Å². The maximum Gasteiger partial charge on any atom is 0.321 e. The third-order valence-corrected chi connectivity index (χ3v) is 5.66. The summed E-state index contributed by atoms with van der Waals surface area (Å²) in [6.07, 6.45) is 3.45. The van der Waals surface area contributed by atoms with Crippen molar-refractivity contribution < 1.29 is 14.7 Å². The van der Waals surface area contributed by atoms with Gasteiger partial charge in [0.25, 0.3) is 5.91 Å². The second-order valence-corrected chi connectivity index (χ2v) is 8.10. The van der Waals surface area contributed by atoms with Gasteiger partial charge in [-0.15, -0.1) is 0 Å². The number of pyridine rings is 1. The van der Waals surface area contributed by atoms with E-state index in [1.165, 1.54) is 6.20 Å². The lowest BCUT2D eigenvalue weighted by molar-refractivity contribution is 0.100. The molecule has 9 heteroatoms. The van der Waals surface area contributed by atoms with Gasteiger partial charge < -0.3 is 31.7 Å². The fourth-order valence-electron chi connectivity index (χ4n) is 3.89. The number of hydrogen-bond acceptors (Lipinski definition) is 6. The zero-order valence-corrected chi connectivity index (χ0v) is 18.7. The molecule has 1 fully saturated rings. The van der Waals surface area contributed by atoms with E-state index in [0.717, 1.165) is 31.5 Å². The molecule has 0 saturated carbocycles. The van der Waals surface area contributed by atoms with Gasteiger partial charge in [-0.2, -0.15) is 0 Å². The fraction of sp³-hybridized carbons (Fsp3) is 0.240. The number of carbonyl (C=O) groups excluding carboxylic acids is 2. The number of nitrogens with two attached hydrogens (primary N) is 1. The van der Waals surface area contributed by atoms with Crippen molar-refractivity contribution in [1.82, 2.24) is 9.88 Å². The van der Waals surface area contributed by atoms with E-state index in [9.17, 15) is 14.7 Å². The van der Waals surface area contributed by atoms with Crippen molar-refractivity contribution in [2.75, 3.05) is 35.6 Å². The Morgan fingerprint density at radius 1 is 1.03 bits per heavy atom. The van der Waals surface area contributed by atoms with E-state index in [4.69, 9.17) is 5.73 Å². The van der Waals surface area contributed by atoms with E-state index in [1.54, 1.807) is 11.0 Å². The standard InChI is InChI=1S/C25H28N6O3/c26-24(33)20-15-27-23(14-21(20)30-22(16-32)17-7-2-1-3-8-17)28-18-9-6-10-19(13-18)29-25(34)31-11-4-5-12-31/h1-3,6-10,13-15,22,32H,4-5,11-12,16H2,(H2,26,33)(H,29,34)(H2,27,28,30)/t22-/m1/s1. The molecule has 0 spiro atoms. The van der Waals surface area contributed by atoms with Crippen LogP contribution in [0.5, 0.6) is 0 Å². The van der Waals surface area contributed by atoms with Crippen LogP contribution in [0, 0.1) is 0 Å². The molecule has 1 aromatic heterocycles. The van der Waals surface area contributed by atoms with Gasteiger partial charge >= 0.3 is 6.03 Å². The highest BCUT2D eigenvalue weighted by Crippen LogP contribution is 2.27. The Morgan fingerprint density at radius 3 is 2.47 bits per heavy atom. The Kier molecular flexibility index (Phi) is 7.24. The lowest BCUT2D eigenvalue weighted by Crippen LogP contribution is -2.32. The zero-order valence-electron chi connectivity index (χ0n) is 18.7. The number of primary amides is 1. The van der Waals surface area contributed by atoms with Crippen molar-refractivity contribution in [2.24, 2.45) is 5.73 Å². The number of aliphatic hydroxyl groups is 1. The summed E-state index contributed by atoms with van der Waals surface area (Å²) in [5.41, 5.74) is 8.46. The quantitative estimate of drug-likeness (QED) is 0.348. The number of benzene rings is 2. The van der Waals surface area contributed by atoms with E-state index in [1.807, 2.05) is 54.6 Å². The Bertz CT molecular complexity index is 1150. The van der Waals surface area contributed by atoms with Crippen molar-refractivity contribution >= 4 is 34.8 Å². The summed E-state index contributed by atoms with van der Waals surface area (Å²) < 4.78 is 0. The first-order valence-corrected chi connectivity index (χ1v) is 11.2. The van der Waals surface area contributed by atoms with Crippen molar-refractivity contribution in [3.8, 4) is 0 Å². The van der Waals surface area contributed by atoms with Crippen LogP contribution in [0.3, 0.4) is 0 Å². The number of urea groups is 1. The van der Waals surface area contributed by atoms with Crippen molar-refractivity contribution in [3.05, 3.63) is 78.0 Å². The molecule has 1 aliphatic heterocycles. The molecule has 9 nitrogen and oxygen atoms in total. The van der Waals surface area contributed by atoms with Gasteiger partial charge in [0.2, 0.25) is 0 Å². The summed E-state index contributed by atoms with van der Waals surface area (Å²) in [7, 11) is 0. The maximum absolute atomic E-state index is 12.4. The van der Waals surface area contributed by atoms with Crippen LogP contribution in [-0.2, 0) is 0 Å². The highest BCUT2D eigenvalue weighted by atomic mass is 16.3. The molecule has 0 radical (unpaired) electrons. The summed E-state index contributed by atoms with van der Waals surface area (Å²) in [5.74, 6) is -0.154. The number of aromatic nitrogens is 1. The molecular formula is C25H28N6O3. The first-order valence-electron chi connectivity index (χ1n) is 11.2. The molecule has 2 aromatic carbocycles. The number of likely N-dealkylation sites (tertiary alicyclic amines) is 1. The van der Waals surface area contributed by atoms with Crippen LogP contribution < -0.4 is 21.7 Å². The van der Waals surface area contributed by atoms with Gasteiger partial charge in [-0.05, 0) is 36.6 Å². The number of anilines is 4. The molecule has 34 heavy (non-hydrogen) atoms. The molecule has 0 bridgehead atoms. The minimum absolute atomic E-state index is 0.110. The van der Waals surface area contributed by atoms with Crippen LogP contribution in [0.1, 0.15) is 34.8 Å². The molecule has 2 heterocycles. The molecule has 3 amide bonds. The number of rotatable bonds is 8. The van der Waals surface area contributed by atoms with Crippen LogP contribution in [0.25, 0.3) is 0 Å². The predicted octanol–water partition coefficient (Wildman–Crippen LogP) is 3.70. The minimum atomic E-state index is -0.627. The second kappa shape index (κ2) is 10.7. The Morgan fingerprint density at radius 2 is 1.76 bits per heavy atom. The predicted molar refractivity (Wildman–Crippen MR) is 132 cm³/mol. The molecule has 0 aliphatic carbocycles. The SMILES string of the molecule is NC(=O)c1cnc(Nc2cccc(NC(=O)N3CCCC3)c2)cc1N[C@H](CO)c1ccccc1. The topological polar surface area (TPSA) is 133 Å². The Labute approximate surface area is 198 Å². The van der Waals surface area contributed by atoms with Crippen LogP contribution in [-0.4, -0.2) is 46.6 Å². The van der Waals surface area contributed by atoms with Crippen LogP contribution in [0.15, 0.2) is 66.9 Å². The average Bonchev–Trinajstić information content (AvgIpc) is 3.39. The van der Waals surface area contributed by atoms with Gasteiger partial charge in [-0.1, -0.05) is 36.4 Å². The molecule has 6 N–H and O–H groups in total. The fourth-order valence-corrected chi connectivity index (χ4v) is 3.89. The molecule has 0 unspecified atom stereocenters. The van der Waals surface area contributed by atoms with E-state index in [0.29, 0.717) is 22.9 Å². The molecule has 1 atom stereocenters. The zero-order chi connectivity index (χ0) is 23.9. The van der Waals surface area contributed by atoms with E-state index in [2.05, 4.69) is 20.9 Å². The first-order chi connectivity index (χ1) is 16.5. The summed E-state index contributed by atoms with van der Waals surface area (Å²) in [6.45, 7) is 1.37. The van der Waals surface area contributed by atoms with E-state index >= 15 is 0 Å². The number of nitrogens with one attached hydrogen (secondary N) is 3. The Balaban J connectivity index is 1.52. The van der Waals surface area contributed by atoms with Crippen LogP contribution >= 0.6 is 0 Å². The Hall–Kier alpha value is -4.11. The molecule has 176 valence electrons. The lowest BCUT2D eigenvalue weighted by atomic mass is 10.1. The third kappa shape index (κ3) is 5.62. The second-order valence-electron chi connectivity index (χ2n) is 8.10. The van der Waals surface area contributed by atoms with E-state index in [-0.39, 0.29) is 18.2 Å². The number of aliphatic hydroxyl groups excluding tert-OH is 1. The summed E-state index contributed by atoms with van der Waals surface area (Å²) >= 11 is 0. The van der Waals surface area contributed by atoms with Crippen LogP contribution in [0.4, 0.5) is 27.7 Å². The molecule has 4 rings (SSSR count). The van der Waals surface area contributed by atoms with Gasteiger partial charge in [0, 0.05) is 36.7 Å². The summed E-state index contributed by atoms with van der Waals surface area (Å²) in [6, 6.07) is 17.9. The highest BCUT2D eigenvalue weighted by Gasteiger charge is 2.18. The third-order valence-electron chi connectivity index (χ3n) is 5.66. The van der Waals surface area contributed by atoms with Gasteiger partial charge in [0.15, 0.2) is 0 Å². The molecule has 3 aromatic rings. The molecule has 1 aliphatic rings. The number of amides is 3. The normalized spacial score (nSPS) is 13.9. The molecular weight excluding hydrogens is 432 g/mol. The number of hydrogen-bond donors (Lipinski definition) is 5. The summed E-state index contributed by atoms with van der Waals surface area (Å²) in [4.78, 5) is 30.5. The van der Waals surface area contributed by atoms with E-state index < -0.39 is 11.9 Å². The number of carbonyl (C=O) groups is 2. The summed E-state index contributed by atoms with van der Waals surface area (Å²) in [5, 5.41) is 19.2. The van der Waals surface area contributed by atoms with Gasteiger partial charge in [-0.3, -0.25) is 4.79 Å². The number of nitrogens with zero attached hydrogens (tertiary/aromatic N) is 2. The highest BCUT2D eigenvalue weighted by molar-refractivity contribution is 5.98. The largest absolute Gasteiger partial charge is 0.394 e. The van der Waals surface area contributed by atoms with Crippen LogP contribution in [0.2, 0.25) is 0 Å². The minimum Gasteiger partial charge on any atom is -0.394 e. The smallest absolute Gasteiger partial charge is 0.321 e. The molecule has 1 saturated heterocycles. The lowest BCUT2D eigenvalue weighted by Gasteiger charge is -2.20. The maximum atomic E-state index is 12.4.